The van der Waals surface area contributed by atoms with Gasteiger partial charge in [0.25, 0.3) is 0 Å². The number of nitrogens with zero attached hydrogens (tertiary/aromatic N) is 2. The highest BCUT2D eigenvalue weighted by molar-refractivity contribution is 7.98. The summed E-state index contributed by atoms with van der Waals surface area (Å²) in [5.74, 6) is 0.979. The minimum absolute atomic E-state index is 0.748. The second kappa shape index (κ2) is 3.77. The van der Waals surface area contributed by atoms with Crippen molar-refractivity contribution < 1.29 is 0 Å². The molecule has 4 heteroatoms. The first-order valence-corrected chi connectivity index (χ1v) is 7.08. The summed E-state index contributed by atoms with van der Waals surface area (Å²) in [5.41, 5.74) is 4.64. The third kappa shape index (κ3) is 1.41. The summed E-state index contributed by atoms with van der Waals surface area (Å²) in [4.78, 5) is 4.66. The van der Waals surface area contributed by atoms with Crippen LogP contribution in [0.1, 0.15) is 5.56 Å². The number of para-hydroxylation sites is 1. The van der Waals surface area contributed by atoms with E-state index in [1.807, 2.05) is 18.2 Å². The number of benzene rings is 2. The van der Waals surface area contributed by atoms with Crippen molar-refractivity contribution in [3.8, 4) is 5.69 Å². The second-order valence-electron chi connectivity index (χ2n) is 4.28. The van der Waals surface area contributed by atoms with E-state index in [1.54, 1.807) is 11.8 Å². The molecule has 0 aliphatic carbocycles. The lowest BCUT2D eigenvalue weighted by atomic mass is 10.2. The van der Waals surface area contributed by atoms with Gasteiger partial charge in [-0.05, 0) is 29.8 Å². The van der Waals surface area contributed by atoms with Crippen LogP contribution in [0.3, 0.4) is 0 Å². The Hall–Kier alpha value is -1.45. The van der Waals surface area contributed by atoms with Crippen molar-refractivity contribution in [3.05, 3.63) is 53.1 Å². The molecule has 0 unspecified atom stereocenters. The van der Waals surface area contributed by atoms with Crippen LogP contribution in [-0.2, 0) is 5.75 Å². The Bertz CT molecular complexity index is 764. The number of rotatable bonds is 0. The Morgan fingerprint density at radius 3 is 3.00 bits per heavy atom. The van der Waals surface area contributed by atoms with Crippen LogP contribution < -0.4 is 0 Å². The van der Waals surface area contributed by atoms with Gasteiger partial charge in [0, 0.05) is 10.8 Å². The molecule has 2 nitrogen and oxygen atoms in total. The monoisotopic (exact) mass is 272 g/mol. The van der Waals surface area contributed by atoms with Crippen molar-refractivity contribution in [2.45, 2.75) is 10.9 Å². The zero-order valence-electron chi connectivity index (χ0n) is 9.43. The SMILES string of the molecule is Clc1ccc2nc3n(c2c1)-c1ccccc1CS3. The number of halogens is 1. The van der Waals surface area contributed by atoms with Crippen LogP contribution in [-0.4, -0.2) is 9.55 Å². The molecule has 0 radical (unpaired) electrons. The van der Waals surface area contributed by atoms with E-state index < -0.39 is 0 Å². The molecule has 0 bridgehead atoms. The third-order valence-corrected chi connectivity index (χ3v) is 4.40. The van der Waals surface area contributed by atoms with Crippen molar-refractivity contribution in [2.75, 3.05) is 0 Å². The number of fused-ring (bicyclic) bond motifs is 5. The summed E-state index contributed by atoms with van der Waals surface area (Å²) in [5, 5.41) is 1.80. The molecule has 88 valence electrons. The minimum Gasteiger partial charge on any atom is -0.287 e. The molecule has 0 fully saturated rings. The van der Waals surface area contributed by atoms with Crippen LogP contribution in [0, 0.1) is 0 Å². The Balaban J connectivity index is 2.13. The zero-order valence-corrected chi connectivity index (χ0v) is 11.0. The summed E-state index contributed by atoms with van der Waals surface area (Å²) >= 11 is 7.87. The molecule has 3 aromatic rings. The fraction of sp³-hybridized carbons (Fsp3) is 0.0714. The van der Waals surface area contributed by atoms with Crippen LogP contribution in [0.4, 0.5) is 0 Å². The molecule has 0 spiro atoms. The lowest BCUT2D eigenvalue weighted by Crippen LogP contribution is -2.05. The Labute approximate surface area is 114 Å². The highest BCUT2D eigenvalue weighted by Gasteiger charge is 2.20. The van der Waals surface area contributed by atoms with Crippen molar-refractivity contribution in [2.24, 2.45) is 0 Å². The van der Waals surface area contributed by atoms with Gasteiger partial charge in [-0.15, -0.1) is 0 Å². The molecule has 2 heterocycles. The fourth-order valence-electron chi connectivity index (χ4n) is 2.35. The summed E-state index contributed by atoms with van der Waals surface area (Å²) < 4.78 is 2.20. The van der Waals surface area contributed by atoms with E-state index in [0.29, 0.717) is 0 Å². The van der Waals surface area contributed by atoms with E-state index in [9.17, 15) is 0 Å². The van der Waals surface area contributed by atoms with Gasteiger partial charge in [-0.1, -0.05) is 41.6 Å². The van der Waals surface area contributed by atoms with Gasteiger partial charge in [0.15, 0.2) is 5.16 Å². The van der Waals surface area contributed by atoms with Gasteiger partial charge in [-0.25, -0.2) is 4.98 Å². The second-order valence-corrected chi connectivity index (χ2v) is 5.66. The Morgan fingerprint density at radius 1 is 1.17 bits per heavy atom. The van der Waals surface area contributed by atoms with Crippen LogP contribution >= 0.6 is 23.4 Å². The first-order valence-electron chi connectivity index (χ1n) is 5.72. The van der Waals surface area contributed by atoms with Gasteiger partial charge < -0.3 is 0 Å². The van der Waals surface area contributed by atoms with Crippen molar-refractivity contribution >= 4 is 34.4 Å². The normalized spacial score (nSPS) is 13.4. The first kappa shape index (κ1) is 10.5. The van der Waals surface area contributed by atoms with Crippen LogP contribution in [0.2, 0.25) is 5.02 Å². The molecular weight excluding hydrogens is 264 g/mol. The van der Waals surface area contributed by atoms with E-state index in [2.05, 4.69) is 33.8 Å². The van der Waals surface area contributed by atoms with Crippen LogP contribution in [0.15, 0.2) is 47.6 Å². The molecular formula is C14H9ClN2S. The maximum atomic E-state index is 6.10. The summed E-state index contributed by atoms with van der Waals surface area (Å²) in [6, 6.07) is 14.3. The largest absolute Gasteiger partial charge is 0.287 e. The quantitative estimate of drug-likeness (QED) is 0.608. The number of hydrogen-bond acceptors (Lipinski definition) is 2. The minimum atomic E-state index is 0.748. The number of imidazole rings is 1. The van der Waals surface area contributed by atoms with E-state index in [4.69, 9.17) is 11.6 Å². The number of thioether (sulfide) groups is 1. The maximum Gasteiger partial charge on any atom is 0.174 e. The molecule has 0 atom stereocenters. The van der Waals surface area contributed by atoms with Gasteiger partial charge in [0.05, 0.1) is 16.7 Å². The standard InChI is InChI=1S/C14H9ClN2S/c15-10-5-6-11-13(7-10)17-12-4-2-1-3-9(12)8-18-14(17)16-11/h1-7H,8H2. The van der Waals surface area contributed by atoms with Crippen molar-refractivity contribution in [1.82, 2.24) is 9.55 Å². The molecule has 0 N–H and O–H groups in total. The molecule has 18 heavy (non-hydrogen) atoms. The van der Waals surface area contributed by atoms with E-state index >= 15 is 0 Å². The lowest BCUT2D eigenvalue weighted by Gasteiger charge is -2.18. The molecule has 0 saturated carbocycles. The predicted octanol–water partition coefficient (Wildman–Crippen LogP) is 4.28. The zero-order chi connectivity index (χ0) is 12.1. The molecule has 2 aromatic carbocycles. The molecule has 1 aromatic heterocycles. The average Bonchev–Trinajstić information content (AvgIpc) is 2.77. The highest BCUT2D eigenvalue weighted by Crippen LogP contribution is 2.37. The molecule has 4 rings (SSSR count). The van der Waals surface area contributed by atoms with Gasteiger partial charge in [-0.2, -0.15) is 0 Å². The van der Waals surface area contributed by atoms with E-state index in [-0.39, 0.29) is 0 Å². The predicted molar refractivity (Wildman–Crippen MR) is 75.6 cm³/mol. The van der Waals surface area contributed by atoms with Crippen LogP contribution in [0.25, 0.3) is 16.7 Å². The van der Waals surface area contributed by atoms with Crippen LogP contribution in [0.5, 0.6) is 0 Å². The van der Waals surface area contributed by atoms with E-state index in [0.717, 1.165) is 27.0 Å². The van der Waals surface area contributed by atoms with Crippen molar-refractivity contribution in [3.63, 3.8) is 0 Å². The summed E-state index contributed by atoms with van der Waals surface area (Å²) in [6.07, 6.45) is 0. The number of aromatic nitrogens is 2. The topological polar surface area (TPSA) is 17.8 Å². The number of hydrogen-bond donors (Lipinski definition) is 0. The Morgan fingerprint density at radius 2 is 2.06 bits per heavy atom. The summed E-state index contributed by atoms with van der Waals surface area (Å²) in [6.45, 7) is 0. The van der Waals surface area contributed by atoms with Gasteiger partial charge in [0.1, 0.15) is 0 Å². The third-order valence-electron chi connectivity index (χ3n) is 3.18. The smallest absolute Gasteiger partial charge is 0.174 e. The molecule has 0 saturated heterocycles. The van der Waals surface area contributed by atoms with Gasteiger partial charge >= 0.3 is 0 Å². The average molecular weight is 273 g/mol. The molecule has 1 aliphatic rings. The summed E-state index contributed by atoms with van der Waals surface area (Å²) in [7, 11) is 0. The first-order chi connectivity index (χ1) is 8.83. The molecule has 1 aliphatic heterocycles. The van der Waals surface area contributed by atoms with Crippen molar-refractivity contribution in [1.29, 1.82) is 0 Å². The fourth-order valence-corrected chi connectivity index (χ4v) is 3.53. The van der Waals surface area contributed by atoms with Gasteiger partial charge in [0.2, 0.25) is 0 Å². The maximum absolute atomic E-state index is 6.10. The lowest BCUT2D eigenvalue weighted by molar-refractivity contribution is 0.894. The van der Waals surface area contributed by atoms with Gasteiger partial charge in [-0.3, -0.25) is 4.57 Å². The van der Waals surface area contributed by atoms with E-state index in [1.165, 1.54) is 11.3 Å². The Kier molecular flexibility index (Phi) is 2.19. The highest BCUT2D eigenvalue weighted by atomic mass is 35.5. The molecule has 0 amide bonds.